The number of hydrogen-bond donors (Lipinski definition) is 2. The number of fused-ring (bicyclic) bond motifs is 1. The third kappa shape index (κ3) is 5.54. The van der Waals surface area contributed by atoms with Crippen molar-refractivity contribution < 1.29 is 9.59 Å². The van der Waals surface area contributed by atoms with Crippen molar-refractivity contribution in [3.8, 4) is 0 Å². The molecule has 8 nitrogen and oxygen atoms in total. The number of aromatic nitrogens is 3. The highest BCUT2D eigenvalue weighted by atomic mass is 16.2. The van der Waals surface area contributed by atoms with Gasteiger partial charge in [0.1, 0.15) is 11.6 Å². The quantitative estimate of drug-likeness (QED) is 0.390. The number of nitrogens with zero attached hydrogens (tertiary/aromatic N) is 4. The number of amides is 2. The number of nitrogens with two attached hydrogens (primary N) is 1. The molecule has 37 heavy (non-hydrogen) atoms. The van der Waals surface area contributed by atoms with Crippen LogP contribution in [0, 0.1) is 0 Å². The molecule has 4 aromatic rings. The van der Waals surface area contributed by atoms with E-state index in [1.165, 1.54) is 0 Å². The Labute approximate surface area is 216 Å². The zero-order chi connectivity index (χ0) is 25.8. The number of carbonyl (C=O) groups excluding carboxylic acids is 2. The van der Waals surface area contributed by atoms with Gasteiger partial charge in [-0.25, -0.2) is 4.68 Å². The Morgan fingerprint density at radius 1 is 1.03 bits per heavy atom. The van der Waals surface area contributed by atoms with Crippen LogP contribution in [0.5, 0.6) is 0 Å². The molecule has 0 bridgehead atoms. The van der Waals surface area contributed by atoms with Crippen LogP contribution >= 0.6 is 0 Å². The summed E-state index contributed by atoms with van der Waals surface area (Å²) in [6.45, 7) is 0.825. The van der Waals surface area contributed by atoms with Crippen LogP contribution in [0.25, 0.3) is 11.0 Å². The molecule has 5 rings (SSSR count). The second kappa shape index (κ2) is 10.9. The number of nitrogens with one attached hydrogen (secondary N) is 1. The highest BCUT2D eigenvalue weighted by Gasteiger charge is 2.41. The van der Waals surface area contributed by atoms with E-state index in [2.05, 4.69) is 27.8 Å². The van der Waals surface area contributed by atoms with Crippen molar-refractivity contribution in [1.29, 1.82) is 0 Å². The molecular formula is C29H32N6O2. The standard InChI is InChI=1S/C29H32N6O2/c1-34-26-15-13-21(16-25(26)32-33-34)18-31-28(36)27-17-23(22-10-6-3-7-11-22)19-35(27)29(37)24(30)14-12-20-8-4-2-5-9-20/h2-11,13,15-16,23-24,27H,12,14,17-19,30H2,1H3,(H,31,36)/t23-,24-,27+/m1/s1. The molecule has 8 heteroatoms. The number of likely N-dealkylation sites (tertiary alicyclic amines) is 1. The van der Waals surface area contributed by atoms with E-state index in [1.54, 1.807) is 9.58 Å². The Bertz CT molecular complexity index is 1370. The van der Waals surface area contributed by atoms with E-state index in [1.807, 2.05) is 73.8 Å². The Morgan fingerprint density at radius 3 is 2.51 bits per heavy atom. The predicted octanol–water partition coefficient (Wildman–Crippen LogP) is 2.93. The maximum absolute atomic E-state index is 13.5. The zero-order valence-corrected chi connectivity index (χ0v) is 21.0. The lowest BCUT2D eigenvalue weighted by Gasteiger charge is -2.27. The lowest BCUT2D eigenvalue weighted by Crippen LogP contribution is -2.51. The Balaban J connectivity index is 1.28. The van der Waals surface area contributed by atoms with Crippen LogP contribution in [0.15, 0.2) is 78.9 Å². The molecule has 0 spiro atoms. The van der Waals surface area contributed by atoms with E-state index in [4.69, 9.17) is 5.73 Å². The van der Waals surface area contributed by atoms with Gasteiger partial charge in [-0.3, -0.25) is 9.59 Å². The minimum absolute atomic E-state index is 0.0816. The predicted molar refractivity (Wildman–Crippen MR) is 142 cm³/mol. The smallest absolute Gasteiger partial charge is 0.243 e. The van der Waals surface area contributed by atoms with Crippen molar-refractivity contribution in [2.45, 2.75) is 43.8 Å². The van der Waals surface area contributed by atoms with E-state index in [0.29, 0.717) is 32.4 Å². The van der Waals surface area contributed by atoms with Crippen LogP contribution < -0.4 is 11.1 Å². The number of benzene rings is 3. The van der Waals surface area contributed by atoms with Crippen LogP contribution in [0.4, 0.5) is 0 Å². The van der Waals surface area contributed by atoms with Crippen LogP contribution in [0.3, 0.4) is 0 Å². The summed E-state index contributed by atoms with van der Waals surface area (Å²) in [5, 5.41) is 11.2. The molecule has 3 aromatic carbocycles. The Kier molecular flexibility index (Phi) is 7.28. The molecule has 2 amide bonds. The van der Waals surface area contributed by atoms with Gasteiger partial charge in [0.25, 0.3) is 0 Å². The van der Waals surface area contributed by atoms with Crippen LogP contribution in [-0.4, -0.2) is 50.3 Å². The van der Waals surface area contributed by atoms with Gasteiger partial charge in [-0.15, -0.1) is 5.10 Å². The molecule has 0 radical (unpaired) electrons. The number of aryl methyl sites for hydroxylation is 2. The van der Waals surface area contributed by atoms with E-state index < -0.39 is 12.1 Å². The Hall–Kier alpha value is -4.04. The number of hydrogen-bond acceptors (Lipinski definition) is 5. The first-order valence-corrected chi connectivity index (χ1v) is 12.7. The fourth-order valence-electron chi connectivity index (χ4n) is 5.10. The second-order valence-electron chi connectivity index (χ2n) is 9.73. The van der Waals surface area contributed by atoms with Crippen molar-refractivity contribution in [1.82, 2.24) is 25.2 Å². The molecule has 0 unspecified atom stereocenters. The van der Waals surface area contributed by atoms with E-state index in [0.717, 1.165) is 27.7 Å². The molecule has 1 aromatic heterocycles. The third-order valence-corrected chi connectivity index (χ3v) is 7.20. The minimum atomic E-state index is -0.663. The average molecular weight is 497 g/mol. The van der Waals surface area contributed by atoms with Crippen molar-refractivity contribution >= 4 is 22.8 Å². The van der Waals surface area contributed by atoms with Gasteiger partial charge < -0.3 is 16.0 Å². The maximum Gasteiger partial charge on any atom is 0.243 e. The highest BCUT2D eigenvalue weighted by molar-refractivity contribution is 5.90. The molecular weight excluding hydrogens is 464 g/mol. The first-order valence-electron chi connectivity index (χ1n) is 12.7. The monoisotopic (exact) mass is 496 g/mol. The number of rotatable bonds is 8. The summed E-state index contributed by atoms with van der Waals surface area (Å²) in [5.41, 5.74) is 11.3. The van der Waals surface area contributed by atoms with E-state index >= 15 is 0 Å². The van der Waals surface area contributed by atoms with Crippen molar-refractivity contribution in [2.24, 2.45) is 12.8 Å². The largest absolute Gasteiger partial charge is 0.350 e. The molecule has 3 atom stereocenters. The lowest BCUT2D eigenvalue weighted by atomic mass is 9.96. The lowest BCUT2D eigenvalue weighted by molar-refractivity contribution is -0.139. The summed E-state index contributed by atoms with van der Waals surface area (Å²) in [4.78, 5) is 28.6. The van der Waals surface area contributed by atoms with E-state index in [9.17, 15) is 9.59 Å². The van der Waals surface area contributed by atoms with Gasteiger partial charge >= 0.3 is 0 Å². The molecule has 190 valence electrons. The molecule has 1 saturated heterocycles. The summed E-state index contributed by atoms with van der Waals surface area (Å²) in [7, 11) is 1.84. The average Bonchev–Trinajstić information content (AvgIpc) is 3.55. The van der Waals surface area contributed by atoms with Gasteiger partial charge in [0.15, 0.2) is 0 Å². The van der Waals surface area contributed by atoms with Crippen molar-refractivity contribution in [2.75, 3.05) is 6.54 Å². The second-order valence-corrected chi connectivity index (χ2v) is 9.73. The normalized spacial score (nSPS) is 18.2. The minimum Gasteiger partial charge on any atom is -0.350 e. The van der Waals surface area contributed by atoms with Gasteiger partial charge in [0, 0.05) is 26.1 Å². The summed E-state index contributed by atoms with van der Waals surface area (Å²) >= 11 is 0. The van der Waals surface area contributed by atoms with Gasteiger partial charge in [-0.1, -0.05) is 71.9 Å². The molecule has 0 aliphatic carbocycles. The summed E-state index contributed by atoms with van der Waals surface area (Å²) in [6, 6.07) is 24.7. The van der Waals surface area contributed by atoms with Crippen molar-refractivity contribution in [3.63, 3.8) is 0 Å². The third-order valence-electron chi connectivity index (χ3n) is 7.20. The zero-order valence-electron chi connectivity index (χ0n) is 21.0. The summed E-state index contributed by atoms with van der Waals surface area (Å²) in [5.74, 6) is -0.255. The summed E-state index contributed by atoms with van der Waals surface area (Å²) < 4.78 is 1.71. The van der Waals surface area contributed by atoms with Gasteiger partial charge in [0.05, 0.1) is 11.6 Å². The van der Waals surface area contributed by atoms with E-state index in [-0.39, 0.29) is 17.7 Å². The summed E-state index contributed by atoms with van der Waals surface area (Å²) in [6.07, 6.45) is 1.81. The van der Waals surface area contributed by atoms with Crippen molar-refractivity contribution in [3.05, 3.63) is 95.6 Å². The molecule has 1 aliphatic heterocycles. The van der Waals surface area contributed by atoms with Crippen LogP contribution in [0.1, 0.15) is 35.4 Å². The molecule has 0 saturated carbocycles. The molecule has 1 fully saturated rings. The highest BCUT2D eigenvalue weighted by Crippen LogP contribution is 2.32. The van der Waals surface area contributed by atoms with Crippen LogP contribution in [-0.2, 0) is 29.6 Å². The van der Waals surface area contributed by atoms with Crippen LogP contribution in [0.2, 0.25) is 0 Å². The first-order chi connectivity index (χ1) is 18.0. The maximum atomic E-state index is 13.5. The first kappa shape index (κ1) is 24.6. The number of carbonyl (C=O) groups is 2. The molecule has 2 heterocycles. The molecule has 3 N–H and O–H groups in total. The van der Waals surface area contributed by atoms with Gasteiger partial charge in [0.2, 0.25) is 11.8 Å². The fourth-order valence-corrected chi connectivity index (χ4v) is 5.10. The van der Waals surface area contributed by atoms with Gasteiger partial charge in [-0.2, -0.15) is 0 Å². The SMILES string of the molecule is Cn1nnc2cc(CNC(=O)[C@@H]3C[C@@H](c4ccccc4)CN3C(=O)[C@H](N)CCc3ccccc3)ccc21. The van der Waals surface area contributed by atoms with Gasteiger partial charge in [-0.05, 0) is 48.1 Å². The topological polar surface area (TPSA) is 106 Å². The fraction of sp³-hybridized carbons (Fsp3) is 0.310. The Morgan fingerprint density at radius 2 is 1.76 bits per heavy atom. The molecule has 1 aliphatic rings.